The van der Waals surface area contributed by atoms with Gasteiger partial charge in [0.1, 0.15) is 5.75 Å². The molecule has 0 spiro atoms. The summed E-state index contributed by atoms with van der Waals surface area (Å²) in [5, 5.41) is 2.65. The van der Waals surface area contributed by atoms with Crippen LogP contribution in [0.1, 0.15) is 24.3 Å². The molecule has 1 aromatic heterocycles. The molecule has 0 aliphatic heterocycles. The number of para-hydroxylation sites is 2. The third kappa shape index (κ3) is 4.92. The Labute approximate surface area is 165 Å². The highest BCUT2D eigenvalue weighted by Gasteiger charge is 2.31. The second-order valence-electron chi connectivity index (χ2n) is 6.08. The van der Waals surface area contributed by atoms with Gasteiger partial charge in [-0.3, -0.25) is 4.79 Å². The molecule has 29 heavy (non-hydrogen) atoms. The number of rotatable bonds is 6. The SMILES string of the molecule is CCN(CC)c1nc2ccccc2nc1C(=O)Nc1ccc(OC(F)(F)F)cc1. The number of benzene rings is 2. The molecule has 3 rings (SSSR count). The molecule has 0 radical (unpaired) electrons. The zero-order chi connectivity index (χ0) is 21.0. The third-order valence-corrected chi connectivity index (χ3v) is 4.18. The van der Waals surface area contributed by atoms with Crippen LogP contribution in [-0.2, 0) is 0 Å². The number of hydrogen-bond donors (Lipinski definition) is 1. The zero-order valence-electron chi connectivity index (χ0n) is 15.8. The van der Waals surface area contributed by atoms with Crippen molar-refractivity contribution < 1.29 is 22.7 Å². The first kappa shape index (κ1) is 20.4. The number of amides is 1. The second kappa shape index (κ2) is 8.34. The monoisotopic (exact) mass is 404 g/mol. The number of carbonyl (C=O) groups excluding carboxylic acids is 1. The summed E-state index contributed by atoms with van der Waals surface area (Å²) in [5.74, 6) is -0.428. The topological polar surface area (TPSA) is 67.4 Å². The van der Waals surface area contributed by atoms with Crippen molar-refractivity contribution in [1.82, 2.24) is 9.97 Å². The summed E-state index contributed by atoms with van der Waals surface area (Å²) in [5.41, 5.74) is 1.69. The van der Waals surface area contributed by atoms with Crippen molar-refractivity contribution in [2.75, 3.05) is 23.3 Å². The molecule has 1 N–H and O–H groups in total. The molecule has 0 aliphatic carbocycles. The average molecular weight is 404 g/mol. The highest BCUT2D eigenvalue weighted by atomic mass is 19.4. The van der Waals surface area contributed by atoms with Crippen molar-refractivity contribution in [3.63, 3.8) is 0 Å². The summed E-state index contributed by atoms with van der Waals surface area (Å²) < 4.78 is 40.7. The van der Waals surface area contributed by atoms with E-state index in [1.165, 1.54) is 12.1 Å². The fourth-order valence-corrected chi connectivity index (χ4v) is 2.82. The number of alkyl halides is 3. The number of nitrogens with one attached hydrogen (secondary N) is 1. The van der Waals surface area contributed by atoms with Gasteiger partial charge in [0.25, 0.3) is 5.91 Å². The van der Waals surface area contributed by atoms with Crippen LogP contribution in [0.25, 0.3) is 11.0 Å². The van der Waals surface area contributed by atoms with Crippen molar-refractivity contribution in [2.45, 2.75) is 20.2 Å². The first-order valence-electron chi connectivity index (χ1n) is 8.99. The fourth-order valence-electron chi connectivity index (χ4n) is 2.82. The van der Waals surface area contributed by atoms with Crippen LogP contribution in [0.3, 0.4) is 0 Å². The zero-order valence-corrected chi connectivity index (χ0v) is 15.8. The van der Waals surface area contributed by atoms with Gasteiger partial charge in [-0.25, -0.2) is 9.97 Å². The number of nitrogens with zero attached hydrogens (tertiary/aromatic N) is 3. The maximum absolute atomic E-state index is 12.9. The predicted octanol–water partition coefficient (Wildman–Crippen LogP) is 4.63. The summed E-state index contributed by atoms with van der Waals surface area (Å²) in [6.45, 7) is 5.16. The van der Waals surface area contributed by atoms with Crippen LogP contribution in [-0.4, -0.2) is 35.3 Å². The van der Waals surface area contributed by atoms with Crippen molar-refractivity contribution >= 4 is 28.4 Å². The minimum Gasteiger partial charge on any atom is -0.406 e. The van der Waals surface area contributed by atoms with Crippen LogP contribution in [0.4, 0.5) is 24.7 Å². The first-order chi connectivity index (χ1) is 13.8. The maximum atomic E-state index is 12.9. The molecule has 0 fully saturated rings. The largest absolute Gasteiger partial charge is 0.573 e. The Balaban J connectivity index is 1.90. The number of aromatic nitrogens is 2. The van der Waals surface area contributed by atoms with E-state index in [1.54, 1.807) is 12.1 Å². The molecule has 0 atom stereocenters. The predicted molar refractivity (Wildman–Crippen MR) is 104 cm³/mol. The van der Waals surface area contributed by atoms with Crippen LogP contribution in [0.2, 0.25) is 0 Å². The van der Waals surface area contributed by atoms with Crippen molar-refractivity contribution in [3.05, 3.63) is 54.2 Å². The minimum absolute atomic E-state index is 0.142. The number of ether oxygens (including phenoxy) is 1. The molecule has 152 valence electrons. The molecule has 3 aromatic rings. The highest BCUT2D eigenvalue weighted by molar-refractivity contribution is 6.07. The van der Waals surface area contributed by atoms with E-state index in [0.717, 1.165) is 12.1 Å². The summed E-state index contributed by atoms with van der Waals surface area (Å²) in [6.07, 6.45) is -4.77. The van der Waals surface area contributed by atoms with Gasteiger partial charge in [-0.2, -0.15) is 0 Å². The number of fused-ring (bicyclic) bond motifs is 1. The lowest BCUT2D eigenvalue weighted by Gasteiger charge is -2.22. The van der Waals surface area contributed by atoms with Gasteiger partial charge >= 0.3 is 6.36 Å². The Morgan fingerprint density at radius 2 is 1.59 bits per heavy atom. The van der Waals surface area contributed by atoms with Crippen LogP contribution >= 0.6 is 0 Å². The van der Waals surface area contributed by atoms with Gasteiger partial charge in [-0.15, -0.1) is 13.2 Å². The molecule has 1 heterocycles. The van der Waals surface area contributed by atoms with E-state index in [0.29, 0.717) is 35.6 Å². The van der Waals surface area contributed by atoms with E-state index < -0.39 is 12.3 Å². The molecular formula is C20H19F3N4O2. The Kier molecular flexibility index (Phi) is 5.86. The van der Waals surface area contributed by atoms with E-state index in [4.69, 9.17) is 0 Å². The van der Waals surface area contributed by atoms with E-state index in [2.05, 4.69) is 20.0 Å². The summed E-state index contributed by atoms with van der Waals surface area (Å²) >= 11 is 0. The molecule has 2 aromatic carbocycles. The summed E-state index contributed by atoms with van der Waals surface area (Å²) in [7, 11) is 0. The lowest BCUT2D eigenvalue weighted by atomic mass is 10.2. The Hall–Kier alpha value is -3.36. The van der Waals surface area contributed by atoms with Gasteiger partial charge in [0.15, 0.2) is 11.5 Å². The van der Waals surface area contributed by atoms with Crippen LogP contribution in [0, 0.1) is 0 Å². The first-order valence-corrected chi connectivity index (χ1v) is 8.99. The molecule has 9 heteroatoms. The standard InChI is InChI=1S/C20H19F3N4O2/c1-3-27(4-2)18-17(25-15-7-5-6-8-16(15)26-18)19(28)24-13-9-11-14(12-10-13)29-20(21,22)23/h5-12H,3-4H2,1-2H3,(H,24,28). The van der Waals surface area contributed by atoms with Gasteiger partial charge in [0, 0.05) is 18.8 Å². The Morgan fingerprint density at radius 1 is 1.00 bits per heavy atom. The third-order valence-electron chi connectivity index (χ3n) is 4.18. The molecule has 0 unspecified atom stereocenters. The van der Waals surface area contributed by atoms with Crippen LogP contribution in [0.5, 0.6) is 5.75 Å². The Morgan fingerprint density at radius 3 is 2.14 bits per heavy atom. The van der Waals surface area contributed by atoms with Gasteiger partial charge < -0.3 is 15.0 Å². The number of halogens is 3. The average Bonchev–Trinajstić information content (AvgIpc) is 2.68. The molecule has 6 nitrogen and oxygen atoms in total. The second-order valence-corrected chi connectivity index (χ2v) is 6.08. The van der Waals surface area contributed by atoms with E-state index >= 15 is 0 Å². The molecule has 0 aliphatic rings. The van der Waals surface area contributed by atoms with Gasteiger partial charge in [0.2, 0.25) is 0 Å². The van der Waals surface area contributed by atoms with Gasteiger partial charge in [0.05, 0.1) is 11.0 Å². The number of hydrogen-bond acceptors (Lipinski definition) is 5. The minimum atomic E-state index is -4.77. The quantitative estimate of drug-likeness (QED) is 0.649. The number of anilines is 2. The molecule has 0 saturated carbocycles. The normalized spacial score (nSPS) is 11.3. The smallest absolute Gasteiger partial charge is 0.406 e. The molecule has 0 saturated heterocycles. The highest BCUT2D eigenvalue weighted by Crippen LogP contribution is 2.25. The van der Waals surface area contributed by atoms with Gasteiger partial charge in [-0.05, 0) is 50.2 Å². The molecule has 1 amide bonds. The lowest BCUT2D eigenvalue weighted by Crippen LogP contribution is -2.27. The fraction of sp³-hybridized carbons (Fsp3) is 0.250. The van der Waals surface area contributed by atoms with E-state index in [9.17, 15) is 18.0 Å². The molecule has 0 bridgehead atoms. The molecular weight excluding hydrogens is 385 g/mol. The van der Waals surface area contributed by atoms with Gasteiger partial charge in [-0.1, -0.05) is 12.1 Å². The summed E-state index contributed by atoms with van der Waals surface area (Å²) in [6, 6.07) is 12.1. The maximum Gasteiger partial charge on any atom is 0.573 e. The Bertz CT molecular complexity index is 1000. The van der Waals surface area contributed by atoms with Crippen LogP contribution < -0.4 is 15.0 Å². The van der Waals surface area contributed by atoms with Crippen molar-refractivity contribution in [2.24, 2.45) is 0 Å². The lowest BCUT2D eigenvalue weighted by molar-refractivity contribution is -0.274. The van der Waals surface area contributed by atoms with E-state index in [1.807, 2.05) is 30.9 Å². The van der Waals surface area contributed by atoms with E-state index in [-0.39, 0.29) is 11.4 Å². The van der Waals surface area contributed by atoms with Crippen LogP contribution in [0.15, 0.2) is 48.5 Å². The number of carbonyl (C=O) groups is 1. The summed E-state index contributed by atoms with van der Waals surface area (Å²) in [4.78, 5) is 23.8. The van der Waals surface area contributed by atoms with Crippen molar-refractivity contribution in [1.29, 1.82) is 0 Å². The van der Waals surface area contributed by atoms with Crippen molar-refractivity contribution in [3.8, 4) is 5.75 Å².